The summed E-state index contributed by atoms with van der Waals surface area (Å²) in [5, 5.41) is 0. The summed E-state index contributed by atoms with van der Waals surface area (Å²) < 4.78 is 10.8. The summed E-state index contributed by atoms with van der Waals surface area (Å²) in [5.41, 5.74) is 0.441. The van der Waals surface area contributed by atoms with Crippen LogP contribution in [-0.4, -0.2) is 54.5 Å². The van der Waals surface area contributed by atoms with Crippen LogP contribution in [0.5, 0.6) is 0 Å². The Morgan fingerprint density at radius 2 is 2.00 bits per heavy atom. The van der Waals surface area contributed by atoms with Crippen LogP contribution in [0.25, 0.3) is 0 Å². The van der Waals surface area contributed by atoms with Crippen LogP contribution in [0.4, 0.5) is 0 Å². The SMILES string of the molecule is COC(=O)[C@]12CN(C)C[C@H]1c1occc1CN2C(=O)c1ccccc1. The van der Waals surface area contributed by atoms with E-state index in [-0.39, 0.29) is 11.8 Å². The molecule has 2 aliphatic heterocycles. The number of hydrogen-bond acceptors (Lipinski definition) is 5. The van der Waals surface area contributed by atoms with E-state index >= 15 is 0 Å². The summed E-state index contributed by atoms with van der Waals surface area (Å²) in [6.07, 6.45) is 1.63. The van der Waals surface area contributed by atoms with E-state index in [1.807, 2.05) is 36.2 Å². The molecular weight excluding hydrogens is 320 g/mol. The first-order chi connectivity index (χ1) is 12.1. The van der Waals surface area contributed by atoms with Gasteiger partial charge in [0.15, 0.2) is 5.54 Å². The fourth-order valence-corrected chi connectivity index (χ4v) is 4.20. The number of methoxy groups -OCH3 is 1. The van der Waals surface area contributed by atoms with Gasteiger partial charge in [-0.2, -0.15) is 0 Å². The van der Waals surface area contributed by atoms with Gasteiger partial charge in [-0.25, -0.2) is 4.79 Å². The second kappa shape index (κ2) is 5.74. The van der Waals surface area contributed by atoms with Crippen molar-refractivity contribution in [2.75, 3.05) is 27.2 Å². The van der Waals surface area contributed by atoms with E-state index in [9.17, 15) is 9.59 Å². The fraction of sp³-hybridized carbons (Fsp3) is 0.368. The van der Waals surface area contributed by atoms with Gasteiger partial charge in [0.05, 0.1) is 25.8 Å². The second-order valence-corrected chi connectivity index (χ2v) is 6.73. The molecule has 0 radical (unpaired) electrons. The Morgan fingerprint density at radius 3 is 2.72 bits per heavy atom. The largest absolute Gasteiger partial charge is 0.469 e. The van der Waals surface area contributed by atoms with Crippen molar-refractivity contribution in [3.8, 4) is 0 Å². The molecular formula is C19H20N2O4. The van der Waals surface area contributed by atoms with Gasteiger partial charge >= 0.3 is 5.97 Å². The van der Waals surface area contributed by atoms with Gasteiger partial charge in [-0.15, -0.1) is 0 Å². The lowest BCUT2D eigenvalue weighted by atomic mass is 9.78. The molecule has 0 N–H and O–H groups in total. The first kappa shape index (κ1) is 15.9. The maximum absolute atomic E-state index is 13.3. The van der Waals surface area contributed by atoms with Crippen molar-refractivity contribution in [1.82, 2.24) is 9.80 Å². The molecule has 4 rings (SSSR count). The van der Waals surface area contributed by atoms with Crippen molar-refractivity contribution in [2.24, 2.45) is 0 Å². The molecule has 0 saturated carbocycles. The highest BCUT2D eigenvalue weighted by atomic mass is 16.5. The van der Waals surface area contributed by atoms with Gasteiger partial charge in [0.2, 0.25) is 0 Å². The van der Waals surface area contributed by atoms with Gasteiger partial charge in [0.25, 0.3) is 5.91 Å². The number of ether oxygens (including phenoxy) is 1. The smallest absolute Gasteiger partial charge is 0.333 e. The Balaban J connectivity index is 1.87. The zero-order valence-corrected chi connectivity index (χ0v) is 14.3. The molecule has 2 atom stereocenters. The van der Waals surface area contributed by atoms with Crippen LogP contribution in [0.2, 0.25) is 0 Å². The van der Waals surface area contributed by atoms with Gasteiger partial charge in [-0.1, -0.05) is 18.2 Å². The third kappa shape index (κ3) is 2.21. The number of rotatable bonds is 2. The van der Waals surface area contributed by atoms with Crippen LogP contribution in [0.3, 0.4) is 0 Å². The third-order valence-corrected chi connectivity index (χ3v) is 5.29. The van der Waals surface area contributed by atoms with E-state index in [2.05, 4.69) is 0 Å². The minimum Gasteiger partial charge on any atom is -0.469 e. The molecule has 2 aromatic rings. The Bertz CT molecular complexity index is 816. The molecule has 3 heterocycles. The number of fused-ring (bicyclic) bond motifs is 3. The number of hydrogen-bond donors (Lipinski definition) is 0. The molecule has 1 aromatic carbocycles. The number of amides is 1. The van der Waals surface area contributed by atoms with Crippen molar-refractivity contribution in [2.45, 2.75) is 18.0 Å². The van der Waals surface area contributed by atoms with E-state index in [0.29, 0.717) is 25.2 Å². The Morgan fingerprint density at radius 1 is 1.24 bits per heavy atom. The molecule has 25 heavy (non-hydrogen) atoms. The molecule has 6 nitrogen and oxygen atoms in total. The molecule has 1 fully saturated rings. The first-order valence-electron chi connectivity index (χ1n) is 8.28. The predicted octanol–water partition coefficient (Wildman–Crippen LogP) is 1.88. The molecule has 0 unspecified atom stereocenters. The minimum atomic E-state index is -1.07. The average molecular weight is 340 g/mol. The van der Waals surface area contributed by atoms with E-state index < -0.39 is 11.5 Å². The van der Waals surface area contributed by atoms with E-state index in [4.69, 9.17) is 9.15 Å². The summed E-state index contributed by atoms with van der Waals surface area (Å²) in [4.78, 5) is 29.9. The fourth-order valence-electron chi connectivity index (χ4n) is 4.20. The average Bonchev–Trinajstić information content (AvgIpc) is 3.24. The molecule has 1 amide bonds. The number of nitrogens with zero attached hydrogens (tertiary/aromatic N) is 2. The Hall–Kier alpha value is -2.60. The Labute approximate surface area is 146 Å². The highest BCUT2D eigenvalue weighted by molar-refractivity contribution is 5.99. The molecule has 2 aliphatic rings. The molecule has 6 heteroatoms. The van der Waals surface area contributed by atoms with Crippen molar-refractivity contribution in [3.63, 3.8) is 0 Å². The van der Waals surface area contributed by atoms with E-state index in [1.165, 1.54) is 7.11 Å². The van der Waals surface area contributed by atoms with Gasteiger partial charge in [-0.3, -0.25) is 4.79 Å². The van der Waals surface area contributed by atoms with Crippen molar-refractivity contribution in [1.29, 1.82) is 0 Å². The van der Waals surface area contributed by atoms with Crippen molar-refractivity contribution >= 4 is 11.9 Å². The molecule has 0 aliphatic carbocycles. The number of benzene rings is 1. The summed E-state index contributed by atoms with van der Waals surface area (Å²) in [6.45, 7) is 1.39. The van der Waals surface area contributed by atoms with Crippen molar-refractivity contribution in [3.05, 3.63) is 59.5 Å². The lowest BCUT2D eigenvalue weighted by molar-refractivity contribution is -0.155. The number of furan rings is 1. The maximum Gasteiger partial charge on any atom is 0.333 e. The quantitative estimate of drug-likeness (QED) is 0.781. The topological polar surface area (TPSA) is 63.0 Å². The number of carbonyl (C=O) groups is 2. The van der Waals surface area contributed by atoms with Crippen molar-refractivity contribution < 1.29 is 18.7 Å². The normalized spacial score (nSPS) is 25.4. The van der Waals surface area contributed by atoms with E-state index in [0.717, 1.165) is 11.3 Å². The zero-order valence-electron chi connectivity index (χ0n) is 14.3. The van der Waals surface area contributed by atoms with Crippen LogP contribution in [0.15, 0.2) is 47.1 Å². The predicted molar refractivity (Wildman–Crippen MR) is 90.0 cm³/mol. The molecule has 0 spiro atoms. The van der Waals surface area contributed by atoms with E-state index in [1.54, 1.807) is 23.3 Å². The first-order valence-corrected chi connectivity index (χ1v) is 8.28. The summed E-state index contributed by atoms with van der Waals surface area (Å²) in [5.74, 6) is -0.0189. The van der Waals surface area contributed by atoms with Crippen LogP contribution < -0.4 is 0 Å². The van der Waals surface area contributed by atoms with Crippen LogP contribution in [0, 0.1) is 0 Å². The summed E-state index contributed by atoms with van der Waals surface area (Å²) in [6, 6.07) is 10.9. The third-order valence-electron chi connectivity index (χ3n) is 5.29. The summed E-state index contributed by atoms with van der Waals surface area (Å²) in [7, 11) is 3.31. The molecule has 1 aromatic heterocycles. The van der Waals surface area contributed by atoms with Crippen LogP contribution >= 0.6 is 0 Å². The van der Waals surface area contributed by atoms with Gasteiger partial charge < -0.3 is 19.0 Å². The van der Waals surface area contributed by atoms with Gasteiger partial charge in [0.1, 0.15) is 5.76 Å². The molecule has 1 saturated heterocycles. The standard InChI is InChI=1S/C19H20N2O4/c1-20-11-15-16-14(8-9-25-16)10-21(19(15,12-20)18(23)24-2)17(22)13-6-4-3-5-7-13/h3-9,15H,10-12H2,1-2H3/t15-,19-/m0/s1. The maximum atomic E-state index is 13.3. The van der Waals surface area contributed by atoms with Gasteiger partial charge in [0, 0.05) is 24.2 Å². The monoisotopic (exact) mass is 340 g/mol. The minimum absolute atomic E-state index is 0.168. The Kier molecular flexibility index (Phi) is 3.65. The lowest BCUT2D eigenvalue weighted by Crippen LogP contribution is -2.63. The van der Waals surface area contributed by atoms with Crippen LogP contribution in [-0.2, 0) is 16.1 Å². The zero-order chi connectivity index (χ0) is 17.6. The number of carbonyl (C=O) groups excluding carboxylic acids is 2. The second-order valence-electron chi connectivity index (χ2n) is 6.73. The highest BCUT2D eigenvalue weighted by Gasteiger charge is 2.62. The molecule has 130 valence electrons. The lowest BCUT2D eigenvalue weighted by Gasteiger charge is -2.45. The summed E-state index contributed by atoms with van der Waals surface area (Å²) >= 11 is 0. The highest BCUT2D eigenvalue weighted by Crippen LogP contribution is 2.47. The van der Waals surface area contributed by atoms with Crippen LogP contribution in [0.1, 0.15) is 27.6 Å². The number of esters is 1. The number of likely N-dealkylation sites (tertiary alicyclic amines) is 1. The molecule has 0 bridgehead atoms. The number of likely N-dealkylation sites (N-methyl/N-ethyl adjacent to an activating group) is 1. The van der Waals surface area contributed by atoms with Gasteiger partial charge in [-0.05, 0) is 25.2 Å².